The summed E-state index contributed by atoms with van der Waals surface area (Å²) >= 11 is 3.48. The zero-order valence-corrected chi connectivity index (χ0v) is 18.8. The van der Waals surface area contributed by atoms with Crippen LogP contribution < -0.4 is 5.32 Å². The van der Waals surface area contributed by atoms with E-state index < -0.39 is 17.6 Å². The van der Waals surface area contributed by atoms with E-state index in [1.165, 1.54) is 0 Å². The number of hydrogen-bond donors (Lipinski definition) is 1. The average molecular weight is 470 g/mol. The van der Waals surface area contributed by atoms with E-state index in [-0.39, 0.29) is 18.4 Å². The minimum Gasteiger partial charge on any atom is -0.444 e. The van der Waals surface area contributed by atoms with Gasteiger partial charge in [0.2, 0.25) is 5.91 Å². The van der Waals surface area contributed by atoms with Gasteiger partial charge in [-0.3, -0.25) is 4.79 Å². The van der Waals surface area contributed by atoms with Crippen molar-refractivity contribution in [3.05, 3.63) is 64.1 Å². The van der Waals surface area contributed by atoms with E-state index in [0.29, 0.717) is 17.8 Å². The SMILES string of the molecule is CC(C)(C)OC(=O)N1CC(C(=O)Nc2cccc(C#N)c2)C(c2cccc(Br)c2)C1. The molecule has 0 radical (unpaired) electrons. The van der Waals surface area contributed by atoms with Crippen molar-refractivity contribution in [2.45, 2.75) is 32.3 Å². The third-order valence-electron chi connectivity index (χ3n) is 4.84. The molecular weight excluding hydrogens is 446 g/mol. The first-order valence-electron chi connectivity index (χ1n) is 9.71. The smallest absolute Gasteiger partial charge is 0.410 e. The van der Waals surface area contributed by atoms with Gasteiger partial charge in [0.25, 0.3) is 0 Å². The van der Waals surface area contributed by atoms with Gasteiger partial charge in [0.15, 0.2) is 0 Å². The zero-order chi connectivity index (χ0) is 21.9. The first kappa shape index (κ1) is 21.8. The number of benzene rings is 2. The molecule has 1 aliphatic heterocycles. The lowest BCUT2D eigenvalue weighted by Crippen LogP contribution is -2.36. The highest BCUT2D eigenvalue weighted by Crippen LogP contribution is 2.35. The van der Waals surface area contributed by atoms with Gasteiger partial charge in [-0.15, -0.1) is 0 Å². The van der Waals surface area contributed by atoms with Crippen molar-refractivity contribution < 1.29 is 14.3 Å². The number of carbonyl (C=O) groups is 2. The number of ether oxygens (including phenoxy) is 1. The summed E-state index contributed by atoms with van der Waals surface area (Å²) in [5.41, 5.74) is 1.39. The lowest BCUT2D eigenvalue weighted by Gasteiger charge is -2.24. The summed E-state index contributed by atoms with van der Waals surface area (Å²) in [7, 11) is 0. The van der Waals surface area contributed by atoms with Gasteiger partial charge in [-0.25, -0.2) is 4.79 Å². The third-order valence-corrected chi connectivity index (χ3v) is 5.34. The molecule has 1 heterocycles. The fourth-order valence-corrected chi connectivity index (χ4v) is 3.94. The standard InChI is InChI=1S/C23H24BrN3O3/c1-23(2,3)30-22(29)27-13-19(16-7-5-8-17(24)11-16)20(14-27)21(28)26-18-9-4-6-15(10-18)12-25/h4-11,19-20H,13-14H2,1-3H3,(H,26,28). The molecule has 3 rings (SSSR count). The summed E-state index contributed by atoms with van der Waals surface area (Å²) < 4.78 is 6.43. The molecule has 0 bridgehead atoms. The van der Waals surface area contributed by atoms with E-state index in [2.05, 4.69) is 27.3 Å². The highest BCUT2D eigenvalue weighted by atomic mass is 79.9. The van der Waals surface area contributed by atoms with Crippen LogP contribution in [0, 0.1) is 17.2 Å². The molecule has 0 spiro atoms. The predicted molar refractivity (Wildman–Crippen MR) is 118 cm³/mol. The fourth-order valence-electron chi connectivity index (χ4n) is 3.52. The Kier molecular flexibility index (Phi) is 6.47. The van der Waals surface area contributed by atoms with Crippen molar-refractivity contribution in [3.63, 3.8) is 0 Å². The molecule has 1 N–H and O–H groups in total. The number of amides is 2. The molecule has 2 aromatic rings. The molecule has 2 atom stereocenters. The predicted octanol–water partition coefficient (Wildman–Crippen LogP) is 4.91. The van der Waals surface area contributed by atoms with E-state index >= 15 is 0 Å². The van der Waals surface area contributed by atoms with Gasteiger partial charge in [-0.1, -0.05) is 34.1 Å². The molecule has 6 nitrogen and oxygen atoms in total. The summed E-state index contributed by atoms with van der Waals surface area (Å²) in [4.78, 5) is 27.4. The number of rotatable bonds is 3. The number of anilines is 1. The molecule has 30 heavy (non-hydrogen) atoms. The highest BCUT2D eigenvalue weighted by molar-refractivity contribution is 9.10. The molecule has 1 aliphatic rings. The van der Waals surface area contributed by atoms with Gasteiger partial charge in [-0.05, 0) is 56.7 Å². The van der Waals surface area contributed by atoms with Gasteiger partial charge in [0.1, 0.15) is 5.60 Å². The lowest BCUT2D eigenvalue weighted by atomic mass is 9.88. The Morgan fingerprint density at radius 1 is 1.17 bits per heavy atom. The number of carbonyl (C=O) groups excluding carboxylic acids is 2. The number of nitriles is 1. The zero-order valence-electron chi connectivity index (χ0n) is 17.2. The van der Waals surface area contributed by atoms with Gasteiger partial charge in [0, 0.05) is 29.2 Å². The summed E-state index contributed by atoms with van der Waals surface area (Å²) in [6.07, 6.45) is -0.427. The van der Waals surface area contributed by atoms with Crippen molar-refractivity contribution in [1.29, 1.82) is 5.26 Å². The van der Waals surface area contributed by atoms with Crippen molar-refractivity contribution in [3.8, 4) is 6.07 Å². The Balaban J connectivity index is 1.85. The van der Waals surface area contributed by atoms with Gasteiger partial charge in [-0.2, -0.15) is 5.26 Å². The Morgan fingerprint density at radius 3 is 2.57 bits per heavy atom. The fraction of sp³-hybridized carbons (Fsp3) is 0.348. The molecular formula is C23H24BrN3O3. The van der Waals surface area contributed by atoms with Crippen molar-refractivity contribution >= 4 is 33.6 Å². The third kappa shape index (κ3) is 5.39. The van der Waals surface area contributed by atoms with E-state index in [9.17, 15) is 9.59 Å². The van der Waals surface area contributed by atoms with E-state index in [0.717, 1.165) is 10.0 Å². The Morgan fingerprint density at radius 2 is 1.90 bits per heavy atom. The number of nitrogens with zero attached hydrogens (tertiary/aromatic N) is 2. The molecule has 0 aromatic heterocycles. The van der Waals surface area contributed by atoms with Crippen molar-refractivity contribution in [1.82, 2.24) is 4.90 Å². The quantitative estimate of drug-likeness (QED) is 0.691. The van der Waals surface area contributed by atoms with Crippen LogP contribution in [0.25, 0.3) is 0 Å². The first-order chi connectivity index (χ1) is 14.2. The van der Waals surface area contributed by atoms with Crippen LogP contribution in [0.5, 0.6) is 0 Å². The second kappa shape index (κ2) is 8.88. The van der Waals surface area contributed by atoms with E-state index in [1.54, 1.807) is 29.2 Å². The maximum absolute atomic E-state index is 13.2. The van der Waals surface area contributed by atoms with Crippen LogP contribution in [0.2, 0.25) is 0 Å². The number of halogens is 1. The molecule has 0 saturated carbocycles. The lowest BCUT2D eigenvalue weighted by molar-refractivity contribution is -0.119. The van der Waals surface area contributed by atoms with Gasteiger partial charge < -0.3 is 15.0 Å². The van der Waals surface area contributed by atoms with E-state index in [4.69, 9.17) is 10.00 Å². The Bertz CT molecular complexity index is 994. The summed E-state index contributed by atoms with van der Waals surface area (Å²) in [6, 6.07) is 16.6. The maximum Gasteiger partial charge on any atom is 0.410 e. The van der Waals surface area contributed by atoms with Crippen LogP contribution in [0.1, 0.15) is 37.8 Å². The monoisotopic (exact) mass is 469 g/mol. The van der Waals surface area contributed by atoms with Crippen LogP contribution in [0.4, 0.5) is 10.5 Å². The van der Waals surface area contributed by atoms with E-state index in [1.807, 2.05) is 45.0 Å². The molecule has 1 saturated heterocycles. The van der Waals surface area contributed by atoms with Crippen molar-refractivity contribution in [2.75, 3.05) is 18.4 Å². The Labute approximate surface area is 185 Å². The topological polar surface area (TPSA) is 82.4 Å². The number of nitrogens with one attached hydrogen (secondary N) is 1. The first-order valence-corrected chi connectivity index (χ1v) is 10.5. The molecule has 1 fully saturated rings. The maximum atomic E-state index is 13.2. The van der Waals surface area contributed by atoms with Crippen LogP contribution in [-0.2, 0) is 9.53 Å². The summed E-state index contributed by atoms with van der Waals surface area (Å²) in [5, 5.41) is 12.0. The number of likely N-dealkylation sites (tertiary alicyclic amines) is 1. The summed E-state index contributed by atoms with van der Waals surface area (Å²) in [6.45, 7) is 6.11. The normalized spacial score (nSPS) is 18.6. The number of hydrogen-bond acceptors (Lipinski definition) is 4. The summed E-state index contributed by atoms with van der Waals surface area (Å²) in [5.74, 6) is -0.812. The largest absolute Gasteiger partial charge is 0.444 e. The van der Waals surface area contributed by atoms with Gasteiger partial charge >= 0.3 is 6.09 Å². The Hall–Kier alpha value is -2.85. The van der Waals surface area contributed by atoms with Crippen molar-refractivity contribution in [2.24, 2.45) is 5.92 Å². The highest BCUT2D eigenvalue weighted by Gasteiger charge is 2.41. The second-order valence-electron chi connectivity index (χ2n) is 8.34. The molecule has 2 aromatic carbocycles. The van der Waals surface area contributed by atoms with Crippen LogP contribution >= 0.6 is 15.9 Å². The van der Waals surface area contributed by atoms with Crippen LogP contribution in [0.3, 0.4) is 0 Å². The minimum absolute atomic E-state index is 0.172. The minimum atomic E-state index is -0.611. The molecule has 2 unspecified atom stereocenters. The molecule has 2 amide bonds. The molecule has 156 valence electrons. The molecule has 7 heteroatoms. The molecule has 0 aliphatic carbocycles. The second-order valence-corrected chi connectivity index (χ2v) is 9.25. The average Bonchev–Trinajstić information content (AvgIpc) is 3.13. The van der Waals surface area contributed by atoms with Gasteiger partial charge in [0.05, 0.1) is 17.6 Å². The van der Waals surface area contributed by atoms with Crippen LogP contribution in [-0.4, -0.2) is 35.6 Å². The van der Waals surface area contributed by atoms with Crippen LogP contribution in [0.15, 0.2) is 53.0 Å².